The van der Waals surface area contributed by atoms with Gasteiger partial charge in [0.05, 0.1) is 12.5 Å². The van der Waals surface area contributed by atoms with E-state index in [0.717, 1.165) is 16.3 Å². The van der Waals surface area contributed by atoms with Crippen LogP contribution < -0.4 is 16.4 Å². The molecule has 116 valence electrons. The molecule has 9 heteroatoms. The van der Waals surface area contributed by atoms with Crippen LogP contribution >= 0.6 is 11.3 Å². The van der Waals surface area contributed by atoms with Crippen LogP contribution in [0.3, 0.4) is 0 Å². The van der Waals surface area contributed by atoms with E-state index in [-0.39, 0.29) is 6.04 Å². The predicted octanol–water partition coefficient (Wildman–Crippen LogP) is 0.394. The first-order valence-electron chi connectivity index (χ1n) is 6.36. The number of nitrogens with two attached hydrogens (primary N) is 1. The number of amides is 3. The van der Waals surface area contributed by atoms with Crippen molar-refractivity contribution in [2.24, 2.45) is 5.73 Å². The van der Waals surface area contributed by atoms with Gasteiger partial charge in [-0.15, -0.1) is 11.3 Å². The molecule has 2 unspecified atom stereocenters. The number of carbonyl (C=O) groups is 3. The first-order valence-corrected chi connectivity index (χ1v) is 7.17. The van der Waals surface area contributed by atoms with Gasteiger partial charge in [-0.1, -0.05) is 6.92 Å². The van der Waals surface area contributed by atoms with Gasteiger partial charge < -0.3 is 21.5 Å². The van der Waals surface area contributed by atoms with Crippen molar-refractivity contribution in [3.63, 3.8) is 0 Å². The average molecular weight is 314 g/mol. The summed E-state index contributed by atoms with van der Waals surface area (Å²) in [5.74, 6) is -2.12. The Morgan fingerprint density at radius 1 is 1.43 bits per heavy atom. The second-order valence-corrected chi connectivity index (χ2v) is 5.57. The Hall–Kier alpha value is -2.16. The molecular formula is C12H18N4O4S. The highest BCUT2D eigenvalue weighted by Crippen LogP contribution is 2.19. The normalized spacial score (nSPS) is 13.2. The number of carbonyl (C=O) groups excluding carboxylic acids is 2. The van der Waals surface area contributed by atoms with Gasteiger partial charge in [-0.25, -0.2) is 14.6 Å². The molecule has 0 fully saturated rings. The second kappa shape index (κ2) is 7.58. The number of nitrogens with zero attached hydrogens (tertiary/aromatic N) is 1. The summed E-state index contributed by atoms with van der Waals surface area (Å²) in [7, 11) is 0. The zero-order valence-corrected chi connectivity index (χ0v) is 12.6. The molecule has 0 saturated carbocycles. The van der Waals surface area contributed by atoms with Crippen LogP contribution in [-0.2, 0) is 16.0 Å². The fourth-order valence-corrected chi connectivity index (χ4v) is 2.41. The Morgan fingerprint density at radius 2 is 2.10 bits per heavy atom. The van der Waals surface area contributed by atoms with Crippen molar-refractivity contribution in [2.75, 3.05) is 0 Å². The standard InChI is InChI=1S/C12H18N4O4S/c1-3-7-5-14-10(21-7)6(2)15-12(20)16-8(11(18)19)4-9(13)17/h5-6,8H,3-4H2,1-2H3,(H2,13,17)(H,18,19)(H2,15,16,20). The predicted molar refractivity (Wildman–Crippen MR) is 76.8 cm³/mol. The molecule has 3 amide bonds. The second-order valence-electron chi connectivity index (χ2n) is 4.42. The lowest BCUT2D eigenvalue weighted by atomic mass is 10.2. The van der Waals surface area contributed by atoms with Gasteiger partial charge in [0, 0.05) is 11.1 Å². The fourth-order valence-electron chi connectivity index (χ4n) is 1.55. The summed E-state index contributed by atoms with van der Waals surface area (Å²) in [6, 6.07) is -2.40. The third-order valence-corrected chi connectivity index (χ3v) is 3.97. The molecule has 0 aliphatic heterocycles. The van der Waals surface area contributed by atoms with Crippen LogP contribution in [0, 0.1) is 0 Å². The smallest absolute Gasteiger partial charge is 0.326 e. The highest BCUT2D eigenvalue weighted by atomic mass is 32.1. The summed E-state index contributed by atoms with van der Waals surface area (Å²) in [5.41, 5.74) is 4.93. The lowest BCUT2D eigenvalue weighted by molar-refractivity contribution is -0.140. The first kappa shape index (κ1) is 16.9. The Labute approximate surface area is 125 Å². The molecule has 0 aliphatic rings. The quantitative estimate of drug-likeness (QED) is 0.577. The van der Waals surface area contributed by atoms with Gasteiger partial charge in [0.15, 0.2) is 0 Å². The zero-order chi connectivity index (χ0) is 16.0. The van der Waals surface area contributed by atoms with Crippen molar-refractivity contribution in [1.29, 1.82) is 0 Å². The number of hydrogen-bond acceptors (Lipinski definition) is 5. The van der Waals surface area contributed by atoms with Crippen molar-refractivity contribution in [3.05, 3.63) is 16.1 Å². The monoisotopic (exact) mass is 314 g/mol. The Kier molecular flexibility index (Phi) is 6.10. The third-order valence-electron chi connectivity index (χ3n) is 2.65. The third kappa shape index (κ3) is 5.38. The van der Waals surface area contributed by atoms with Crippen LogP contribution in [0.15, 0.2) is 6.20 Å². The van der Waals surface area contributed by atoms with E-state index in [2.05, 4.69) is 15.6 Å². The molecular weight excluding hydrogens is 296 g/mol. The van der Waals surface area contributed by atoms with Gasteiger partial charge in [-0.05, 0) is 13.3 Å². The van der Waals surface area contributed by atoms with Gasteiger partial charge in [-0.3, -0.25) is 4.79 Å². The minimum absolute atomic E-state index is 0.363. The molecule has 0 spiro atoms. The topological polar surface area (TPSA) is 134 Å². The maximum atomic E-state index is 11.7. The lowest BCUT2D eigenvalue weighted by Gasteiger charge is -2.16. The molecule has 0 saturated heterocycles. The molecule has 0 aliphatic carbocycles. The molecule has 8 nitrogen and oxygen atoms in total. The van der Waals surface area contributed by atoms with E-state index in [1.165, 1.54) is 11.3 Å². The number of carboxylic acid groups (broad SMARTS) is 1. The Balaban J connectivity index is 2.58. The van der Waals surface area contributed by atoms with Crippen LogP contribution in [0.2, 0.25) is 0 Å². The van der Waals surface area contributed by atoms with E-state index < -0.39 is 30.4 Å². The van der Waals surface area contributed by atoms with Crippen LogP contribution in [-0.4, -0.2) is 34.0 Å². The summed E-state index contributed by atoms with van der Waals surface area (Å²) in [6.45, 7) is 3.74. The van der Waals surface area contributed by atoms with Crippen molar-refractivity contribution >= 4 is 29.2 Å². The van der Waals surface area contributed by atoms with E-state index in [1.807, 2.05) is 6.92 Å². The first-order chi connectivity index (χ1) is 9.83. The number of thiazole rings is 1. The highest BCUT2D eigenvalue weighted by Gasteiger charge is 2.23. The molecule has 1 rings (SSSR count). The number of primary amides is 1. The molecule has 0 aromatic carbocycles. The summed E-state index contributed by atoms with van der Waals surface area (Å²) < 4.78 is 0. The molecule has 1 aromatic heterocycles. The van der Waals surface area contributed by atoms with Crippen LogP contribution in [0.1, 0.15) is 36.2 Å². The summed E-state index contributed by atoms with van der Waals surface area (Å²) in [4.78, 5) is 38.7. The molecule has 1 heterocycles. The largest absolute Gasteiger partial charge is 0.480 e. The maximum absolute atomic E-state index is 11.7. The molecule has 1 aromatic rings. The molecule has 0 bridgehead atoms. The van der Waals surface area contributed by atoms with E-state index in [1.54, 1.807) is 13.1 Å². The highest BCUT2D eigenvalue weighted by molar-refractivity contribution is 7.11. The van der Waals surface area contributed by atoms with E-state index in [4.69, 9.17) is 10.8 Å². The van der Waals surface area contributed by atoms with Crippen molar-refractivity contribution in [2.45, 2.75) is 38.8 Å². The van der Waals surface area contributed by atoms with Crippen LogP contribution in [0.25, 0.3) is 0 Å². The lowest BCUT2D eigenvalue weighted by Crippen LogP contribution is -2.48. The van der Waals surface area contributed by atoms with Gasteiger partial charge in [0.1, 0.15) is 11.0 Å². The summed E-state index contributed by atoms with van der Waals surface area (Å²) in [5, 5.41) is 14.4. The van der Waals surface area contributed by atoms with Crippen LogP contribution in [0.5, 0.6) is 0 Å². The number of aryl methyl sites for hydroxylation is 1. The van der Waals surface area contributed by atoms with Crippen molar-refractivity contribution < 1.29 is 19.5 Å². The minimum atomic E-state index is -1.35. The maximum Gasteiger partial charge on any atom is 0.326 e. The summed E-state index contributed by atoms with van der Waals surface area (Å²) in [6.07, 6.45) is 2.13. The van der Waals surface area contributed by atoms with Crippen molar-refractivity contribution in [1.82, 2.24) is 15.6 Å². The number of rotatable bonds is 7. The van der Waals surface area contributed by atoms with Crippen LogP contribution in [0.4, 0.5) is 4.79 Å². The van der Waals surface area contributed by atoms with Gasteiger partial charge in [0.25, 0.3) is 0 Å². The molecule has 0 radical (unpaired) electrons. The summed E-state index contributed by atoms with van der Waals surface area (Å²) >= 11 is 1.47. The van der Waals surface area contributed by atoms with Crippen molar-refractivity contribution in [3.8, 4) is 0 Å². The molecule has 5 N–H and O–H groups in total. The Bertz CT molecular complexity index is 531. The fraction of sp³-hybridized carbons (Fsp3) is 0.500. The van der Waals surface area contributed by atoms with Gasteiger partial charge in [-0.2, -0.15) is 0 Å². The number of aromatic nitrogens is 1. The molecule has 2 atom stereocenters. The average Bonchev–Trinajstić information content (AvgIpc) is 2.85. The van der Waals surface area contributed by atoms with E-state index in [0.29, 0.717) is 0 Å². The number of urea groups is 1. The molecule has 21 heavy (non-hydrogen) atoms. The number of hydrogen-bond donors (Lipinski definition) is 4. The number of carboxylic acids is 1. The van der Waals surface area contributed by atoms with Gasteiger partial charge in [0.2, 0.25) is 5.91 Å². The number of aliphatic carboxylic acids is 1. The number of nitrogens with one attached hydrogen (secondary N) is 2. The zero-order valence-electron chi connectivity index (χ0n) is 11.8. The minimum Gasteiger partial charge on any atom is -0.480 e. The van der Waals surface area contributed by atoms with E-state index in [9.17, 15) is 14.4 Å². The van der Waals surface area contributed by atoms with Gasteiger partial charge >= 0.3 is 12.0 Å². The Morgan fingerprint density at radius 3 is 2.57 bits per heavy atom. The SMILES string of the molecule is CCc1cnc(C(C)NC(=O)NC(CC(N)=O)C(=O)O)s1. The van der Waals surface area contributed by atoms with E-state index >= 15 is 0 Å².